The molecule has 0 aliphatic carbocycles. The second-order valence-corrected chi connectivity index (χ2v) is 6.14. The zero-order valence-electron chi connectivity index (χ0n) is 11.6. The first kappa shape index (κ1) is 12.0. The van der Waals surface area contributed by atoms with Gasteiger partial charge in [-0.3, -0.25) is 0 Å². The largest absolute Gasteiger partial charge is 0.371 e. The highest BCUT2D eigenvalue weighted by Crippen LogP contribution is 2.41. The van der Waals surface area contributed by atoms with Crippen molar-refractivity contribution in [1.82, 2.24) is 5.32 Å². The molecule has 2 saturated heterocycles. The SMILES string of the molecule is Cc1cccc(N2CCC3(CCNCC3)C2)c1C. The Morgan fingerprint density at radius 1 is 1.11 bits per heavy atom. The molecule has 1 aromatic carbocycles. The monoisotopic (exact) mass is 244 g/mol. The molecule has 0 amide bonds. The zero-order valence-corrected chi connectivity index (χ0v) is 11.6. The van der Waals surface area contributed by atoms with Gasteiger partial charge in [0.15, 0.2) is 0 Å². The molecule has 0 aromatic heterocycles. The Morgan fingerprint density at radius 3 is 2.67 bits per heavy atom. The number of hydrogen-bond acceptors (Lipinski definition) is 2. The fourth-order valence-corrected chi connectivity index (χ4v) is 3.58. The second kappa shape index (κ2) is 4.58. The Morgan fingerprint density at radius 2 is 1.89 bits per heavy atom. The lowest BCUT2D eigenvalue weighted by atomic mass is 9.78. The van der Waals surface area contributed by atoms with Crippen LogP contribution in [0, 0.1) is 19.3 Å². The molecule has 1 spiro atoms. The van der Waals surface area contributed by atoms with E-state index in [0.717, 1.165) is 0 Å². The predicted octanol–water partition coefficient (Wildman–Crippen LogP) is 2.88. The average Bonchev–Trinajstić information content (AvgIpc) is 2.77. The molecule has 0 atom stereocenters. The van der Waals surface area contributed by atoms with Crippen LogP contribution < -0.4 is 10.2 Å². The lowest BCUT2D eigenvalue weighted by Gasteiger charge is -2.34. The van der Waals surface area contributed by atoms with Crippen molar-refractivity contribution in [3.63, 3.8) is 0 Å². The van der Waals surface area contributed by atoms with Gasteiger partial charge in [0.05, 0.1) is 0 Å². The van der Waals surface area contributed by atoms with Gasteiger partial charge in [-0.05, 0) is 68.8 Å². The van der Waals surface area contributed by atoms with Crippen LogP contribution in [-0.4, -0.2) is 26.2 Å². The molecular weight excluding hydrogens is 220 g/mol. The van der Waals surface area contributed by atoms with Gasteiger partial charge in [-0.15, -0.1) is 0 Å². The van der Waals surface area contributed by atoms with Gasteiger partial charge in [0.2, 0.25) is 0 Å². The minimum absolute atomic E-state index is 0.599. The maximum atomic E-state index is 3.49. The molecule has 1 aromatic rings. The summed E-state index contributed by atoms with van der Waals surface area (Å²) < 4.78 is 0. The van der Waals surface area contributed by atoms with E-state index in [2.05, 4.69) is 42.3 Å². The molecule has 3 rings (SSSR count). The average molecular weight is 244 g/mol. The lowest BCUT2D eigenvalue weighted by molar-refractivity contribution is 0.232. The first-order valence-corrected chi connectivity index (χ1v) is 7.22. The van der Waals surface area contributed by atoms with Crippen molar-refractivity contribution in [3.8, 4) is 0 Å². The highest BCUT2D eigenvalue weighted by molar-refractivity contribution is 5.56. The Labute approximate surface area is 110 Å². The van der Waals surface area contributed by atoms with Crippen LogP contribution in [0.1, 0.15) is 30.4 Å². The summed E-state index contributed by atoms with van der Waals surface area (Å²) in [5, 5.41) is 3.49. The minimum atomic E-state index is 0.599. The van der Waals surface area contributed by atoms with Crippen molar-refractivity contribution in [1.29, 1.82) is 0 Å². The van der Waals surface area contributed by atoms with Crippen molar-refractivity contribution in [2.45, 2.75) is 33.1 Å². The molecule has 2 heterocycles. The van der Waals surface area contributed by atoms with Crippen LogP contribution in [0.25, 0.3) is 0 Å². The molecule has 18 heavy (non-hydrogen) atoms. The number of nitrogens with zero attached hydrogens (tertiary/aromatic N) is 1. The van der Waals surface area contributed by atoms with E-state index < -0.39 is 0 Å². The van der Waals surface area contributed by atoms with E-state index in [9.17, 15) is 0 Å². The van der Waals surface area contributed by atoms with Crippen molar-refractivity contribution in [2.24, 2.45) is 5.41 Å². The summed E-state index contributed by atoms with van der Waals surface area (Å²) >= 11 is 0. The van der Waals surface area contributed by atoms with Gasteiger partial charge in [0.1, 0.15) is 0 Å². The second-order valence-electron chi connectivity index (χ2n) is 6.14. The third-order valence-corrected chi connectivity index (χ3v) is 5.02. The first-order valence-electron chi connectivity index (χ1n) is 7.22. The predicted molar refractivity (Wildman–Crippen MR) is 77.3 cm³/mol. The third kappa shape index (κ3) is 2.03. The molecule has 2 heteroatoms. The van der Waals surface area contributed by atoms with E-state index in [1.165, 1.54) is 62.3 Å². The van der Waals surface area contributed by atoms with Gasteiger partial charge >= 0.3 is 0 Å². The molecular formula is C16H24N2. The summed E-state index contributed by atoms with van der Waals surface area (Å²) in [6, 6.07) is 6.71. The van der Waals surface area contributed by atoms with E-state index >= 15 is 0 Å². The summed E-state index contributed by atoms with van der Waals surface area (Å²) in [6.07, 6.45) is 4.09. The first-order chi connectivity index (χ1) is 8.70. The standard InChI is InChI=1S/C16H24N2/c1-13-4-3-5-15(14(13)2)18-11-8-16(12-18)6-9-17-10-7-16/h3-5,17H,6-12H2,1-2H3. The topological polar surface area (TPSA) is 15.3 Å². The number of piperidine rings is 1. The molecule has 0 saturated carbocycles. The molecule has 0 bridgehead atoms. The van der Waals surface area contributed by atoms with E-state index in [4.69, 9.17) is 0 Å². The Kier molecular flexibility index (Phi) is 3.06. The highest BCUT2D eigenvalue weighted by Gasteiger charge is 2.39. The van der Waals surface area contributed by atoms with Gasteiger partial charge in [0, 0.05) is 18.8 Å². The molecule has 1 N–H and O–H groups in total. The van der Waals surface area contributed by atoms with Gasteiger partial charge in [-0.1, -0.05) is 12.1 Å². The molecule has 0 unspecified atom stereocenters. The van der Waals surface area contributed by atoms with Crippen molar-refractivity contribution in [2.75, 3.05) is 31.1 Å². The van der Waals surface area contributed by atoms with Crippen LogP contribution in [0.5, 0.6) is 0 Å². The van der Waals surface area contributed by atoms with Crippen molar-refractivity contribution >= 4 is 5.69 Å². The molecule has 0 radical (unpaired) electrons. The third-order valence-electron chi connectivity index (χ3n) is 5.02. The minimum Gasteiger partial charge on any atom is -0.371 e. The van der Waals surface area contributed by atoms with Crippen molar-refractivity contribution in [3.05, 3.63) is 29.3 Å². The normalized spacial score (nSPS) is 22.7. The summed E-state index contributed by atoms with van der Waals surface area (Å²) in [6.45, 7) is 9.40. The summed E-state index contributed by atoms with van der Waals surface area (Å²) in [7, 11) is 0. The lowest BCUT2D eigenvalue weighted by Crippen LogP contribution is -2.38. The quantitative estimate of drug-likeness (QED) is 0.817. The summed E-state index contributed by atoms with van der Waals surface area (Å²) in [4.78, 5) is 2.62. The van der Waals surface area contributed by atoms with E-state index in [-0.39, 0.29) is 0 Å². The van der Waals surface area contributed by atoms with Crippen LogP contribution >= 0.6 is 0 Å². The maximum Gasteiger partial charge on any atom is 0.0398 e. The molecule has 2 fully saturated rings. The molecule has 2 nitrogen and oxygen atoms in total. The maximum absolute atomic E-state index is 3.49. The summed E-state index contributed by atoms with van der Waals surface area (Å²) in [5.74, 6) is 0. The highest BCUT2D eigenvalue weighted by atomic mass is 15.2. The smallest absolute Gasteiger partial charge is 0.0398 e. The van der Waals surface area contributed by atoms with Crippen LogP contribution in [0.3, 0.4) is 0 Å². The number of benzene rings is 1. The Bertz CT molecular complexity index is 433. The number of aryl methyl sites for hydroxylation is 1. The van der Waals surface area contributed by atoms with Gasteiger partial charge in [-0.2, -0.15) is 0 Å². The molecule has 2 aliphatic heterocycles. The van der Waals surface area contributed by atoms with Gasteiger partial charge < -0.3 is 10.2 Å². The summed E-state index contributed by atoms with van der Waals surface area (Å²) in [5.41, 5.74) is 4.94. The van der Waals surface area contributed by atoms with Crippen LogP contribution in [0.4, 0.5) is 5.69 Å². The Hall–Kier alpha value is -1.02. The zero-order chi connectivity index (χ0) is 12.6. The molecule has 98 valence electrons. The number of nitrogens with one attached hydrogen (secondary N) is 1. The van der Waals surface area contributed by atoms with E-state index in [0.29, 0.717) is 5.41 Å². The fourth-order valence-electron chi connectivity index (χ4n) is 3.58. The van der Waals surface area contributed by atoms with E-state index in [1.54, 1.807) is 0 Å². The van der Waals surface area contributed by atoms with Gasteiger partial charge in [0.25, 0.3) is 0 Å². The molecule has 2 aliphatic rings. The van der Waals surface area contributed by atoms with Crippen LogP contribution in [-0.2, 0) is 0 Å². The van der Waals surface area contributed by atoms with Crippen LogP contribution in [0.2, 0.25) is 0 Å². The number of rotatable bonds is 1. The number of hydrogen-bond donors (Lipinski definition) is 1. The fraction of sp³-hybridized carbons (Fsp3) is 0.625. The number of anilines is 1. The Balaban J connectivity index is 1.81. The van der Waals surface area contributed by atoms with Crippen LogP contribution in [0.15, 0.2) is 18.2 Å². The van der Waals surface area contributed by atoms with Gasteiger partial charge in [-0.25, -0.2) is 0 Å². The van der Waals surface area contributed by atoms with E-state index in [1.807, 2.05) is 0 Å². The van der Waals surface area contributed by atoms with Crippen molar-refractivity contribution < 1.29 is 0 Å².